The molecule has 0 heterocycles. The molecule has 4 nitrogen and oxygen atoms in total. The highest BCUT2D eigenvalue weighted by atomic mass is 16.6. The lowest BCUT2D eigenvalue weighted by Gasteiger charge is -2.20. The van der Waals surface area contributed by atoms with Crippen LogP contribution in [0.2, 0.25) is 0 Å². The van der Waals surface area contributed by atoms with Crippen LogP contribution in [0.15, 0.2) is 24.3 Å². The molecule has 1 aromatic rings. The first kappa shape index (κ1) is 14.7. The molecule has 0 saturated heterocycles. The molecular formula is C16H24N2O2. The quantitative estimate of drug-likeness (QED) is 0.864. The number of rotatable bonds is 4. The van der Waals surface area contributed by atoms with Crippen LogP contribution in [0.1, 0.15) is 40.5 Å². The van der Waals surface area contributed by atoms with Crippen molar-refractivity contribution in [3.8, 4) is 0 Å². The maximum atomic E-state index is 11.6. The topological polar surface area (TPSA) is 50.4 Å². The lowest BCUT2D eigenvalue weighted by atomic mass is 10.2. The van der Waals surface area contributed by atoms with E-state index in [1.165, 1.54) is 12.8 Å². The Morgan fingerprint density at radius 3 is 2.25 bits per heavy atom. The standard InChI is InChI=1S/C16H24N2O2/c1-11(12-5-6-12)17-13-7-9-14(10-8-13)18-15(19)20-16(2,3)4/h7-12,17H,5-6H2,1-4H3,(H,18,19). The van der Waals surface area contributed by atoms with E-state index in [1.54, 1.807) is 0 Å². The summed E-state index contributed by atoms with van der Waals surface area (Å²) in [5.74, 6) is 0.814. The van der Waals surface area contributed by atoms with Crippen molar-refractivity contribution in [2.24, 2.45) is 5.92 Å². The van der Waals surface area contributed by atoms with E-state index in [0.717, 1.165) is 17.3 Å². The summed E-state index contributed by atoms with van der Waals surface area (Å²) in [6.07, 6.45) is 2.23. The maximum Gasteiger partial charge on any atom is 0.412 e. The van der Waals surface area contributed by atoms with E-state index in [4.69, 9.17) is 4.74 Å². The maximum absolute atomic E-state index is 11.6. The van der Waals surface area contributed by atoms with Crippen LogP contribution < -0.4 is 10.6 Å². The average molecular weight is 276 g/mol. The Kier molecular flexibility index (Phi) is 4.21. The first-order chi connectivity index (χ1) is 9.33. The van der Waals surface area contributed by atoms with Crippen molar-refractivity contribution < 1.29 is 9.53 Å². The molecule has 1 saturated carbocycles. The molecule has 1 aliphatic carbocycles. The van der Waals surface area contributed by atoms with Crippen LogP contribution in [0, 0.1) is 5.92 Å². The van der Waals surface area contributed by atoms with Gasteiger partial charge in [0.25, 0.3) is 0 Å². The minimum atomic E-state index is -0.481. The fourth-order valence-corrected chi connectivity index (χ4v) is 2.05. The summed E-state index contributed by atoms with van der Waals surface area (Å²) in [5.41, 5.74) is 1.34. The van der Waals surface area contributed by atoms with Gasteiger partial charge in [-0.1, -0.05) is 0 Å². The molecular weight excluding hydrogens is 252 g/mol. The van der Waals surface area contributed by atoms with Crippen molar-refractivity contribution in [3.63, 3.8) is 0 Å². The van der Waals surface area contributed by atoms with Gasteiger partial charge in [-0.15, -0.1) is 0 Å². The van der Waals surface area contributed by atoms with E-state index in [0.29, 0.717) is 6.04 Å². The summed E-state index contributed by atoms with van der Waals surface area (Å²) in [5, 5.41) is 6.20. The number of ether oxygens (including phenoxy) is 1. The van der Waals surface area contributed by atoms with E-state index in [2.05, 4.69) is 17.6 Å². The summed E-state index contributed by atoms with van der Waals surface area (Å²) in [6.45, 7) is 7.75. The second kappa shape index (κ2) is 5.73. The molecule has 0 aromatic heterocycles. The highest BCUT2D eigenvalue weighted by Crippen LogP contribution is 2.34. The smallest absolute Gasteiger partial charge is 0.412 e. The third-order valence-electron chi connectivity index (χ3n) is 3.25. The Balaban J connectivity index is 1.86. The molecule has 20 heavy (non-hydrogen) atoms. The second-order valence-electron chi connectivity index (χ2n) is 6.47. The Labute approximate surface area is 120 Å². The molecule has 4 heteroatoms. The number of carbonyl (C=O) groups is 1. The Morgan fingerprint density at radius 1 is 1.20 bits per heavy atom. The van der Waals surface area contributed by atoms with Crippen molar-refractivity contribution in [2.45, 2.75) is 52.2 Å². The Bertz CT molecular complexity index is 458. The monoisotopic (exact) mass is 276 g/mol. The van der Waals surface area contributed by atoms with Crippen LogP contribution in [0.4, 0.5) is 16.2 Å². The molecule has 0 radical (unpaired) electrons. The first-order valence-electron chi connectivity index (χ1n) is 7.20. The zero-order valence-corrected chi connectivity index (χ0v) is 12.7. The zero-order chi connectivity index (χ0) is 14.8. The van der Waals surface area contributed by atoms with E-state index in [1.807, 2.05) is 45.0 Å². The van der Waals surface area contributed by atoms with Gasteiger partial charge in [0, 0.05) is 17.4 Å². The van der Waals surface area contributed by atoms with Gasteiger partial charge in [0.2, 0.25) is 0 Å². The van der Waals surface area contributed by atoms with Crippen molar-refractivity contribution in [1.29, 1.82) is 0 Å². The van der Waals surface area contributed by atoms with Crippen molar-refractivity contribution >= 4 is 17.5 Å². The van der Waals surface area contributed by atoms with E-state index >= 15 is 0 Å². The van der Waals surface area contributed by atoms with E-state index in [9.17, 15) is 4.79 Å². The van der Waals surface area contributed by atoms with Crippen LogP contribution in [-0.4, -0.2) is 17.7 Å². The van der Waals surface area contributed by atoms with E-state index < -0.39 is 11.7 Å². The summed E-state index contributed by atoms with van der Waals surface area (Å²) in [4.78, 5) is 11.6. The normalized spacial score (nSPS) is 16.4. The molecule has 0 aliphatic heterocycles. The van der Waals surface area contributed by atoms with Gasteiger partial charge in [0.05, 0.1) is 0 Å². The number of benzene rings is 1. The van der Waals surface area contributed by atoms with Gasteiger partial charge in [0.1, 0.15) is 5.60 Å². The molecule has 1 atom stereocenters. The summed E-state index contributed by atoms with van der Waals surface area (Å²) >= 11 is 0. The first-order valence-corrected chi connectivity index (χ1v) is 7.20. The van der Waals surface area contributed by atoms with Crippen LogP contribution >= 0.6 is 0 Å². The molecule has 110 valence electrons. The van der Waals surface area contributed by atoms with Gasteiger partial charge in [-0.2, -0.15) is 0 Å². The number of hydrogen-bond acceptors (Lipinski definition) is 3. The molecule has 0 bridgehead atoms. The van der Waals surface area contributed by atoms with Crippen LogP contribution in [0.3, 0.4) is 0 Å². The molecule has 1 aliphatic rings. The van der Waals surface area contributed by atoms with Gasteiger partial charge in [-0.05, 0) is 70.7 Å². The minimum absolute atomic E-state index is 0.426. The molecule has 2 N–H and O–H groups in total. The van der Waals surface area contributed by atoms with Crippen LogP contribution in [-0.2, 0) is 4.74 Å². The predicted octanol–water partition coefficient (Wildman–Crippen LogP) is 4.24. The lowest BCUT2D eigenvalue weighted by Crippen LogP contribution is -2.27. The molecule has 1 aromatic carbocycles. The largest absolute Gasteiger partial charge is 0.444 e. The Morgan fingerprint density at radius 2 is 1.75 bits per heavy atom. The molecule has 0 spiro atoms. The molecule has 1 amide bonds. The van der Waals surface area contributed by atoms with Crippen molar-refractivity contribution in [2.75, 3.05) is 10.6 Å². The van der Waals surface area contributed by atoms with E-state index in [-0.39, 0.29) is 0 Å². The third-order valence-corrected chi connectivity index (χ3v) is 3.25. The highest BCUT2D eigenvalue weighted by Gasteiger charge is 2.27. The van der Waals surface area contributed by atoms with Gasteiger partial charge < -0.3 is 10.1 Å². The van der Waals surface area contributed by atoms with Crippen molar-refractivity contribution in [3.05, 3.63) is 24.3 Å². The third kappa shape index (κ3) is 4.76. The lowest BCUT2D eigenvalue weighted by molar-refractivity contribution is 0.0636. The fraction of sp³-hybridized carbons (Fsp3) is 0.562. The summed E-state index contributed by atoms with van der Waals surface area (Å²) < 4.78 is 5.21. The van der Waals surface area contributed by atoms with Gasteiger partial charge in [-0.3, -0.25) is 5.32 Å². The number of amides is 1. The molecule has 1 unspecified atom stereocenters. The number of nitrogens with one attached hydrogen (secondary N) is 2. The number of anilines is 2. The van der Waals surface area contributed by atoms with Gasteiger partial charge in [0.15, 0.2) is 0 Å². The highest BCUT2D eigenvalue weighted by molar-refractivity contribution is 5.85. The number of hydrogen-bond donors (Lipinski definition) is 2. The number of carbonyl (C=O) groups excluding carboxylic acids is 1. The van der Waals surface area contributed by atoms with Gasteiger partial charge >= 0.3 is 6.09 Å². The van der Waals surface area contributed by atoms with Crippen LogP contribution in [0.5, 0.6) is 0 Å². The summed E-state index contributed by atoms with van der Waals surface area (Å²) in [6, 6.07) is 8.23. The molecule has 2 rings (SSSR count). The average Bonchev–Trinajstić information content (AvgIpc) is 3.13. The zero-order valence-electron chi connectivity index (χ0n) is 12.7. The van der Waals surface area contributed by atoms with Crippen LogP contribution in [0.25, 0.3) is 0 Å². The Hall–Kier alpha value is -1.71. The predicted molar refractivity (Wildman–Crippen MR) is 82.1 cm³/mol. The fourth-order valence-electron chi connectivity index (χ4n) is 2.05. The SMILES string of the molecule is CC(Nc1ccc(NC(=O)OC(C)(C)C)cc1)C1CC1. The second-order valence-corrected chi connectivity index (χ2v) is 6.47. The van der Waals surface area contributed by atoms with Gasteiger partial charge in [-0.25, -0.2) is 4.79 Å². The molecule has 1 fully saturated rings. The summed E-state index contributed by atoms with van der Waals surface area (Å²) in [7, 11) is 0. The van der Waals surface area contributed by atoms with Crippen molar-refractivity contribution in [1.82, 2.24) is 0 Å². The minimum Gasteiger partial charge on any atom is -0.444 e.